The number of non-ortho nitro benzene ring substituents is 1. The molecule has 9 heteroatoms. The Morgan fingerprint density at radius 1 is 1.29 bits per heavy atom. The van der Waals surface area contributed by atoms with Crippen LogP contribution in [0, 0.1) is 17.3 Å². The van der Waals surface area contributed by atoms with Crippen LogP contribution in [0.3, 0.4) is 0 Å². The Bertz CT molecular complexity index is 807. The molecule has 0 aliphatic rings. The van der Waals surface area contributed by atoms with Gasteiger partial charge in [-0.1, -0.05) is 0 Å². The number of rotatable bonds is 5. The molecule has 124 valence electrons. The van der Waals surface area contributed by atoms with Crippen LogP contribution >= 0.6 is 45.2 Å². The maximum Gasteiger partial charge on any atom is 0.271 e. The van der Waals surface area contributed by atoms with Crippen molar-refractivity contribution in [3.05, 3.63) is 64.8 Å². The van der Waals surface area contributed by atoms with Gasteiger partial charge in [0.2, 0.25) is 0 Å². The topological polar surface area (TPSA) is 93.8 Å². The first-order chi connectivity index (χ1) is 11.4. The lowest BCUT2D eigenvalue weighted by atomic mass is 10.2. The Labute approximate surface area is 164 Å². The van der Waals surface area contributed by atoms with Crippen LogP contribution in [0.5, 0.6) is 5.75 Å². The third kappa shape index (κ3) is 4.63. The highest BCUT2D eigenvalue weighted by atomic mass is 127. The fraction of sp³-hybridized carbons (Fsp3) is 0.0667. The summed E-state index contributed by atoms with van der Waals surface area (Å²) in [6.45, 7) is 0. The Balaban J connectivity index is 2.11. The minimum Gasteiger partial charge on any atom is -0.495 e. The molecule has 0 atom stereocenters. The number of nitrogens with zero attached hydrogens (tertiary/aromatic N) is 2. The smallest absolute Gasteiger partial charge is 0.271 e. The van der Waals surface area contributed by atoms with Crippen LogP contribution in [0.25, 0.3) is 0 Å². The Morgan fingerprint density at radius 2 is 1.96 bits per heavy atom. The molecule has 0 unspecified atom stereocenters. The molecule has 0 aliphatic carbocycles. The molecule has 0 bridgehead atoms. The van der Waals surface area contributed by atoms with Crippen molar-refractivity contribution >= 4 is 63.0 Å². The summed E-state index contributed by atoms with van der Waals surface area (Å²) in [5, 5.41) is 14.5. The van der Waals surface area contributed by atoms with Gasteiger partial charge in [-0.25, -0.2) is 5.43 Å². The highest BCUT2D eigenvalue weighted by Crippen LogP contribution is 2.26. The summed E-state index contributed by atoms with van der Waals surface area (Å²) in [4.78, 5) is 22.0. The van der Waals surface area contributed by atoms with Crippen molar-refractivity contribution in [2.75, 3.05) is 7.11 Å². The lowest BCUT2D eigenvalue weighted by Crippen LogP contribution is -2.17. The molecule has 0 aromatic heterocycles. The van der Waals surface area contributed by atoms with Gasteiger partial charge in [0.05, 0.1) is 21.8 Å². The summed E-state index contributed by atoms with van der Waals surface area (Å²) in [6, 6.07) is 9.12. The summed E-state index contributed by atoms with van der Waals surface area (Å²) in [6.07, 6.45) is 1.49. The number of halogens is 2. The van der Waals surface area contributed by atoms with Crippen LogP contribution in [0.1, 0.15) is 15.9 Å². The number of nitro benzene ring substituents is 1. The van der Waals surface area contributed by atoms with E-state index in [0.29, 0.717) is 5.75 Å². The summed E-state index contributed by atoms with van der Waals surface area (Å²) in [7, 11) is 1.57. The van der Waals surface area contributed by atoms with E-state index in [1.54, 1.807) is 7.11 Å². The number of nitro groups is 1. The number of amides is 1. The Morgan fingerprint density at radius 3 is 2.54 bits per heavy atom. The van der Waals surface area contributed by atoms with Crippen LogP contribution in [-0.2, 0) is 0 Å². The third-order valence-electron chi connectivity index (χ3n) is 2.95. The monoisotopic (exact) mass is 551 g/mol. The zero-order valence-corrected chi connectivity index (χ0v) is 16.6. The van der Waals surface area contributed by atoms with Crippen molar-refractivity contribution in [1.82, 2.24) is 5.43 Å². The van der Waals surface area contributed by atoms with Crippen LogP contribution in [0.2, 0.25) is 0 Å². The van der Waals surface area contributed by atoms with Gasteiger partial charge in [0, 0.05) is 26.8 Å². The maximum atomic E-state index is 12.0. The first-order valence-electron chi connectivity index (χ1n) is 6.53. The maximum absolute atomic E-state index is 12.0. The van der Waals surface area contributed by atoms with Crippen molar-refractivity contribution in [2.45, 2.75) is 0 Å². The quantitative estimate of drug-likeness (QED) is 0.266. The van der Waals surface area contributed by atoms with Crippen molar-refractivity contribution in [3.8, 4) is 5.75 Å². The average Bonchev–Trinajstić information content (AvgIpc) is 2.54. The van der Waals surface area contributed by atoms with Gasteiger partial charge in [-0.2, -0.15) is 5.10 Å². The molecule has 1 N–H and O–H groups in total. The van der Waals surface area contributed by atoms with E-state index in [9.17, 15) is 14.9 Å². The van der Waals surface area contributed by atoms with Crippen molar-refractivity contribution in [2.24, 2.45) is 5.10 Å². The van der Waals surface area contributed by atoms with Gasteiger partial charge in [0.15, 0.2) is 0 Å². The number of carbonyl (C=O) groups excluding carboxylic acids is 1. The third-order valence-corrected chi connectivity index (χ3v) is 4.38. The molecule has 24 heavy (non-hydrogen) atoms. The molecule has 7 nitrogen and oxygen atoms in total. The molecule has 0 heterocycles. The molecular formula is C15H11I2N3O4. The summed E-state index contributed by atoms with van der Waals surface area (Å²) >= 11 is 4.34. The van der Waals surface area contributed by atoms with E-state index in [2.05, 4.69) is 55.7 Å². The molecule has 0 saturated carbocycles. The van der Waals surface area contributed by atoms with E-state index < -0.39 is 10.8 Å². The molecule has 0 spiro atoms. The van der Waals surface area contributed by atoms with Gasteiger partial charge in [-0.3, -0.25) is 14.9 Å². The molecule has 2 aromatic rings. The number of hydrogen-bond donors (Lipinski definition) is 1. The van der Waals surface area contributed by atoms with Gasteiger partial charge in [0.1, 0.15) is 5.75 Å². The predicted octanol–water partition coefficient (Wildman–Crippen LogP) is 3.58. The highest BCUT2D eigenvalue weighted by molar-refractivity contribution is 14.1. The minimum atomic E-state index is -0.523. The normalized spacial score (nSPS) is 10.6. The van der Waals surface area contributed by atoms with Gasteiger partial charge in [0.25, 0.3) is 11.6 Å². The number of hydrazone groups is 1. The Hall–Kier alpha value is -1.76. The molecule has 2 aromatic carbocycles. The van der Waals surface area contributed by atoms with E-state index in [1.807, 2.05) is 12.1 Å². The van der Waals surface area contributed by atoms with Crippen molar-refractivity contribution < 1.29 is 14.5 Å². The second-order valence-corrected chi connectivity index (χ2v) is 6.92. The number of nitrogens with one attached hydrogen (secondary N) is 1. The average molecular weight is 551 g/mol. The van der Waals surface area contributed by atoms with Gasteiger partial charge in [-0.15, -0.1) is 0 Å². The van der Waals surface area contributed by atoms with Crippen molar-refractivity contribution in [3.63, 3.8) is 0 Å². The first kappa shape index (κ1) is 18.6. The van der Waals surface area contributed by atoms with Gasteiger partial charge in [-0.05, 0) is 69.4 Å². The van der Waals surface area contributed by atoms with Crippen LogP contribution in [0.4, 0.5) is 5.69 Å². The molecule has 0 radical (unpaired) electrons. The number of benzene rings is 2. The minimum absolute atomic E-state index is 0.0757. The molecule has 2 rings (SSSR count). The molecule has 0 saturated heterocycles. The zero-order chi connectivity index (χ0) is 17.7. The van der Waals surface area contributed by atoms with Crippen LogP contribution in [-0.4, -0.2) is 24.2 Å². The number of hydrogen-bond acceptors (Lipinski definition) is 5. The van der Waals surface area contributed by atoms with Gasteiger partial charge < -0.3 is 4.74 Å². The molecule has 0 fully saturated rings. The fourth-order valence-corrected chi connectivity index (χ4v) is 3.96. The summed E-state index contributed by atoms with van der Waals surface area (Å²) in [5.74, 6) is 0.213. The standard InChI is InChI=1S/C15H11I2N3O4/c1-24-14-10(6-11(16)7-13(14)17)8-18-19-15(21)9-2-4-12(5-3-9)20(22)23/h2-8H,1H3,(H,19,21)/b18-8+. The number of methoxy groups -OCH3 is 1. The van der Waals surface area contributed by atoms with E-state index in [-0.39, 0.29) is 11.3 Å². The SMILES string of the molecule is COc1c(I)cc(I)cc1/C=N/NC(=O)c1ccc([N+](=O)[O-])cc1. The largest absolute Gasteiger partial charge is 0.495 e. The lowest BCUT2D eigenvalue weighted by molar-refractivity contribution is -0.384. The van der Waals surface area contributed by atoms with E-state index in [4.69, 9.17) is 4.74 Å². The second kappa shape index (κ2) is 8.37. The van der Waals surface area contributed by atoms with E-state index in [1.165, 1.54) is 30.5 Å². The predicted molar refractivity (Wildman–Crippen MR) is 107 cm³/mol. The number of carbonyl (C=O) groups is 1. The molecular weight excluding hydrogens is 540 g/mol. The first-order valence-corrected chi connectivity index (χ1v) is 8.69. The molecule has 1 amide bonds. The highest BCUT2D eigenvalue weighted by Gasteiger charge is 2.10. The van der Waals surface area contributed by atoms with Crippen molar-refractivity contribution in [1.29, 1.82) is 0 Å². The van der Waals surface area contributed by atoms with Gasteiger partial charge >= 0.3 is 0 Å². The number of ether oxygens (including phenoxy) is 1. The molecule has 0 aliphatic heterocycles. The van der Waals surface area contributed by atoms with Crippen LogP contribution < -0.4 is 10.2 Å². The fourth-order valence-electron chi connectivity index (χ4n) is 1.85. The summed E-state index contributed by atoms with van der Waals surface area (Å²) in [5.41, 5.74) is 3.32. The zero-order valence-electron chi connectivity index (χ0n) is 12.3. The summed E-state index contributed by atoms with van der Waals surface area (Å²) < 4.78 is 7.28. The second-order valence-electron chi connectivity index (χ2n) is 4.51. The Kier molecular flexibility index (Phi) is 6.48. The van der Waals surface area contributed by atoms with E-state index in [0.717, 1.165) is 12.7 Å². The lowest BCUT2D eigenvalue weighted by Gasteiger charge is -2.07. The van der Waals surface area contributed by atoms with Crippen LogP contribution in [0.15, 0.2) is 41.5 Å². The van der Waals surface area contributed by atoms with E-state index >= 15 is 0 Å².